The molecule has 37 heavy (non-hydrogen) atoms. The zero-order chi connectivity index (χ0) is 25.6. The van der Waals surface area contributed by atoms with Crippen molar-refractivity contribution in [2.24, 2.45) is 0 Å². The second kappa shape index (κ2) is 12.1. The second-order valence-corrected chi connectivity index (χ2v) is 10.7. The fourth-order valence-electron chi connectivity index (χ4n) is 5.69. The third kappa shape index (κ3) is 6.69. The van der Waals surface area contributed by atoms with Gasteiger partial charge in [0.25, 0.3) is 0 Å². The van der Waals surface area contributed by atoms with Crippen molar-refractivity contribution in [2.75, 3.05) is 39.3 Å². The van der Waals surface area contributed by atoms with Crippen LogP contribution in [-0.2, 0) is 17.9 Å². The van der Waals surface area contributed by atoms with Crippen LogP contribution in [0.1, 0.15) is 60.8 Å². The van der Waals surface area contributed by atoms with E-state index < -0.39 is 0 Å². The first-order valence-corrected chi connectivity index (χ1v) is 13.8. The fourth-order valence-corrected chi connectivity index (χ4v) is 5.69. The van der Waals surface area contributed by atoms with Crippen molar-refractivity contribution in [3.8, 4) is 11.5 Å². The number of phenols is 2. The molecule has 3 fully saturated rings. The number of benzene rings is 2. The maximum atomic E-state index is 13.4. The summed E-state index contributed by atoms with van der Waals surface area (Å²) in [4.78, 5) is 18.2. The zero-order valence-electron chi connectivity index (χ0n) is 21.7. The molecule has 3 aliphatic rings. The number of carbonyl (C=O) groups excluding carboxylic acids is 1. The third-order valence-electron chi connectivity index (χ3n) is 7.79. The summed E-state index contributed by atoms with van der Waals surface area (Å²) in [5, 5.41) is 24.2. The molecule has 5 rings (SSSR count). The van der Waals surface area contributed by atoms with E-state index in [1.165, 1.54) is 38.5 Å². The molecule has 0 radical (unpaired) electrons. The first kappa shape index (κ1) is 25.7. The van der Waals surface area contributed by atoms with E-state index in [4.69, 9.17) is 0 Å². The SMILES string of the molecule is O=C1C(=Cc2ccc(O)c(CN3CCCCC3)c2)CNCC1=Cc1ccc(O)c(CN2CCCCC2)c1. The number of piperidine rings is 3. The number of Topliss-reactive ketones (excluding diaryl/α,β-unsaturated/α-hetero) is 1. The predicted molar refractivity (Wildman–Crippen MR) is 148 cm³/mol. The Kier molecular flexibility index (Phi) is 8.39. The lowest BCUT2D eigenvalue weighted by molar-refractivity contribution is -0.112. The average molecular weight is 502 g/mol. The van der Waals surface area contributed by atoms with E-state index in [2.05, 4.69) is 15.1 Å². The quantitative estimate of drug-likeness (QED) is 0.498. The molecule has 0 spiro atoms. The van der Waals surface area contributed by atoms with Crippen molar-refractivity contribution in [3.63, 3.8) is 0 Å². The minimum Gasteiger partial charge on any atom is -0.508 e. The van der Waals surface area contributed by atoms with E-state index in [-0.39, 0.29) is 5.78 Å². The normalized spacial score (nSPS) is 22.1. The van der Waals surface area contributed by atoms with Gasteiger partial charge in [-0.1, -0.05) is 25.0 Å². The molecule has 3 saturated heterocycles. The van der Waals surface area contributed by atoms with E-state index in [0.717, 1.165) is 72.7 Å². The van der Waals surface area contributed by atoms with Crippen molar-refractivity contribution < 1.29 is 15.0 Å². The first-order valence-electron chi connectivity index (χ1n) is 13.8. The van der Waals surface area contributed by atoms with Gasteiger partial charge in [0.2, 0.25) is 0 Å². The van der Waals surface area contributed by atoms with E-state index in [9.17, 15) is 15.0 Å². The van der Waals surface area contributed by atoms with Crippen molar-refractivity contribution in [3.05, 3.63) is 69.8 Å². The molecule has 0 bridgehead atoms. The molecule has 0 saturated carbocycles. The summed E-state index contributed by atoms with van der Waals surface area (Å²) >= 11 is 0. The van der Waals surface area contributed by atoms with Gasteiger partial charge in [0, 0.05) is 48.5 Å². The molecule has 0 atom stereocenters. The van der Waals surface area contributed by atoms with Crippen molar-refractivity contribution in [1.29, 1.82) is 0 Å². The summed E-state index contributed by atoms with van der Waals surface area (Å²) in [7, 11) is 0. The van der Waals surface area contributed by atoms with E-state index in [1.807, 2.05) is 36.4 Å². The number of phenolic OH excluding ortho intramolecular Hbond substituents is 2. The number of rotatable bonds is 6. The highest BCUT2D eigenvalue weighted by Gasteiger charge is 2.21. The molecule has 3 aliphatic heterocycles. The molecule has 3 heterocycles. The van der Waals surface area contributed by atoms with Crippen LogP contribution in [0.25, 0.3) is 12.2 Å². The highest BCUT2D eigenvalue weighted by molar-refractivity contribution is 6.14. The molecule has 6 heteroatoms. The number of hydrogen-bond donors (Lipinski definition) is 3. The monoisotopic (exact) mass is 501 g/mol. The number of likely N-dealkylation sites (tertiary alicyclic amines) is 2. The van der Waals surface area contributed by atoms with Gasteiger partial charge in [-0.3, -0.25) is 14.6 Å². The van der Waals surface area contributed by atoms with Crippen LogP contribution in [-0.4, -0.2) is 65.1 Å². The van der Waals surface area contributed by atoms with Crippen LogP contribution in [0.15, 0.2) is 47.5 Å². The van der Waals surface area contributed by atoms with Crippen molar-refractivity contribution in [2.45, 2.75) is 51.6 Å². The van der Waals surface area contributed by atoms with Crippen LogP contribution >= 0.6 is 0 Å². The number of ketones is 1. The maximum absolute atomic E-state index is 13.4. The lowest BCUT2D eigenvalue weighted by Gasteiger charge is -2.26. The van der Waals surface area contributed by atoms with E-state index >= 15 is 0 Å². The Morgan fingerprint density at radius 1 is 0.676 bits per heavy atom. The van der Waals surface area contributed by atoms with Crippen LogP contribution in [0, 0.1) is 0 Å². The molecule has 196 valence electrons. The van der Waals surface area contributed by atoms with Crippen LogP contribution < -0.4 is 5.32 Å². The molecule has 0 aromatic heterocycles. The summed E-state index contributed by atoms with van der Waals surface area (Å²) in [6, 6.07) is 11.2. The van der Waals surface area contributed by atoms with Gasteiger partial charge >= 0.3 is 0 Å². The molecule has 2 aromatic rings. The molecular formula is C31H39N3O3. The molecule has 6 nitrogen and oxygen atoms in total. The van der Waals surface area contributed by atoms with Gasteiger partial charge in [0.1, 0.15) is 11.5 Å². The van der Waals surface area contributed by atoms with E-state index in [0.29, 0.717) is 24.6 Å². The largest absolute Gasteiger partial charge is 0.508 e. The predicted octanol–water partition coefficient (Wildman–Crippen LogP) is 4.71. The maximum Gasteiger partial charge on any atom is 0.187 e. The molecular weight excluding hydrogens is 462 g/mol. The van der Waals surface area contributed by atoms with Gasteiger partial charge in [0.15, 0.2) is 5.78 Å². The zero-order valence-corrected chi connectivity index (χ0v) is 21.7. The fraction of sp³-hybridized carbons (Fsp3) is 0.452. The molecule has 0 amide bonds. The topological polar surface area (TPSA) is 76.0 Å². The molecule has 3 N–H and O–H groups in total. The number of hydrogen-bond acceptors (Lipinski definition) is 6. The van der Waals surface area contributed by atoms with Gasteiger partial charge in [-0.25, -0.2) is 0 Å². The van der Waals surface area contributed by atoms with Crippen molar-refractivity contribution >= 4 is 17.9 Å². The van der Waals surface area contributed by atoms with Gasteiger partial charge < -0.3 is 15.5 Å². The van der Waals surface area contributed by atoms with E-state index in [1.54, 1.807) is 12.1 Å². The van der Waals surface area contributed by atoms with Crippen LogP contribution in [0.3, 0.4) is 0 Å². The van der Waals surface area contributed by atoms with Gasteiger partial charge in [-0.05, 0) is 99.4 Å². The van der Waals surface area contributed by atoms with Crippen molar-refractivity contribution in [1.82, 2.24) is 15.1 Å². The molecule has 2 aromatic carbocycles. The van der Waals surface area contributed by atoms with Crippen LogP contribution in [0.4, 0.5) is 0 Å². The standard InChI is InChI=1S/C31H39N3O3/c35-29-9-7-23(17-27(29)21-33-11-3-1-4-12-33)15-25-19-32-20-26(31(25)37)16-24-8-10-30(36)28(18-24)22-34-13-5-2-6-14-34/h7-10,15-18,32,35-36H,1-6,11-14,19-22H2. The number of nitrogens with zero attached hydrogens (tertiary/aromatic N) is 2. The summed E-state index contributed by atoms with van der Waals surface area (Å²) < 4.78 is 0. The summed E-state index contributed by atoms with van der Waals surface area (Å²) in [5.41, 5.74) is 5.13. The Hall–Kier alpha value is -2.93. The summed E-state index contributed by atoms with van der Waals surface area (Å²) in [6.45, 7) is 6.79. The average Bonchev–Trinajstić information content (AvgIpc) is 2.91. The Morgan fingerprint density at radius 3 is 1.54 bits per heavy atom. The number of carbonyl (C=O) groups is 1. The second-order valence-electron chi connectivity index (χ2n) is 10.7. The Labute approximate surface area is 220 Å². The smallest absolute Gasteiger partial charge is 0.187 e. The van der Waals surface area contributed by atoms with Crippen LogP contribution in [0.2, 0.25) is 0 Å². The number of aromatic hydroxyl groups is 2. The van der Waals surface area contributed by atoms with Crippen LogP contribution in [0.5, 0.6) is 11.5 Å². The first-order chi connectivity index (χ1) is 18.0. The Morgan fingerprint density at radius 2 is 1.11 bits per heavy atom. The van der Waals surface area contributed by atoms with Gasteiger partial charge in [0.05, 0.1) is 0 Å². The van der Waals surface area contributed by atoms with Gasteiger partial charge in [-0.2, -0.15) is 0 Å². The summed E-state index contributed by atoms with van der Waals surface area (Å²) in [6.07, 6.45) is 11.3. The molecule has 0 aliphatic carbocycles. The Bertz CT molecular complexity index is 1080. The minimum atomic E-state index is 0.0510. The highest BCUT2D eigenvalue weighted by atomic mass is 16.3. The third-order valence-corrected chi connectivity index (χ3v) is 7.79. The minimum absolute atomic E-state index is 0.0510. The summed E-state index contributed by atoms with van der Waals surface area (Å²) in [5.74, 6) is 0.679. The Balaban J connectivity index is 1.32. The van der Waals surface area contributed by atoms with Gasteiger partial charge in [-0.15, -0.1) is 0 Å². The highest BCUT2D eigenvalue weighted by Crippen LogP contribution is 2.26. The lowest BCUT2D eigenvalue weighted by atomic mass is 9.94. The molecule has 0 unspecified atom stereocenters. The lowest BCUT2D eigenvalue weighted by Crippen LogP contribution is -2.32. The number of nitrogens with one attached hydrogen (secondary N) is 1.